The summed E-state index contributed by atoms with van der Waals surface area (Å²) in [7, 11) is 0. The molecule has 0 N–H and O–H groups in total. The van der Waals surface area contributed by atoms with Crippen LogP contribution in [0.2, 0.25) is 0 Å². The molecule has 0 unspecified atom stereocenters. The van der Waals surface area contributed by atoms with Gasteiger partial charge in [-0.05, 0) is 31.4 Å². The van der Waals surface area contributed by atoms with Gasteiger partial charge in [-0.25, -0.2) is 9.97 Å². The van der Waals surface area contributed by atoms with Crippen LogP contribution in [0.15, 0.2) is 36.9 Å². The average Bonchev–Trinajstić information content (AvgIpc) is 3.33. The van der Waals surface area contributed by atoms with Gasteiger partial charge in [0, 0.05) is 19.5 Å². The molecule has 0 aliphatic carbocycles. The van der Waals surface area contributed by atoms with E-state index in [0.717, 1.165) is 42.9 Å². The van der Waals surface area contributed by atoms with Crippen LogP contribution < -0.4 is 0 Å². The number of aryl methyl sites for hydroxylation is 1. The lowest BCUT2D eigenvalue weighted by molar-refractivity contribution is -0.132. The lowest BCUT2D eigenvalue weighted by Gasteiger charge is -2.23. The van der Waals surface area contributed by atoms with Crippen molar-refractivity contribution in [2.75, 3.05) is 6.54 Å². The second kappa shape index (κ2) is 6.68. The topological polar surface area (TPSA) is 63.9 Å². The summed E-state index contributed by atoms with van der Waals surface area (Å²) < 4.78 is 2.96. The third kappa shape index (κ3) is 3.03. The van der Waals surface area contributed by atoms with Gasteiger partial charge < -0.3 is 4.90 Å². The highest BCUT2D eigenvalue weighted by atomic mass is 32.1. The fourth-order valence-corrected chi connectivity index (χ4v) is 4.35. The lowest BCUT2D eigenvalue weighted by Crippen LogP contribution is -2.30. The van der Waals surface area contributed by atoms with Gasteiger partial charge in [0.25, 0.3) is 0 Å². The molecule has 24 heavy (non-hydrogen) atoms. The quantitative estimate of drug-likeness (QED) is 0.715. The Bertz CT molecular complexity index is 796. The van der Waals surface area contributed by atoms with Gasteiger partial charge in [-0.3, -0.25) is 9.48 Å². The number of aromatic nitrogens is 4. The van der Waals surface area contributed by atoms with E-state index in [0.29, 0.717) is 6.42 Å². The van der Waals surface area contributed by atoms with Gasteiger partial charge in [-0.1, -0.05) is 12.1 Å². The highest BCUT2D eigenvalue weighted by molar-refractivity contribution is 7.18. The number of hydrogen-bond donors (Lipinski definition) is 0. The molecule has 3 heterocycles. The Morgan fingerprint density at radius 1 is 1.33 bits per heavy atom. The molecular weight excluding hydrogens is 322 g/mol. The molecule has 2 aromatic heterocycles. The van der Waals surface area contributed by atoms with E-state index in [-0.39, 0.29) is 11.9 Å². The fraction of sp³-hybridized carbons (Fsp3) is 0.412. The Balaban J connectivity index is 1.42. The normalized spacial score (nSPS) is 17.7. The predicted molar refractivity (Wildman–Crippen MR) is 92.6 cm³/mol. The molecule has 3 aromatic rings. The maximum Gasteiger partial charge on any atom is 0.223 e. The first-order chi connectivity index (χ1) is 11.8. The second-order valence-corrected chi connectivity index (χ2v) is 7.09. The molecule has 1 amide bonds. The molecule has 1 saturated heterocycles. The summed E-state index contributed by atoms with van der Waals surface area (Å²) in [6.45, 7) is 1.56. The Labute approximate surface area is 144 Å². The van der Waals surface area contributed by atoms with E-state index in [1.54, 1.807) is 22.3 Å². The van der Waals surface area contributed by atoms with E-state index in [4.69, 9.17) is 4.98 Å². The van der Waals surface area contributed by atoms with Gasteiger partial charge in [0.1, 0.15) is 17.7 Å². The van der Waals surface area contributed by atoms with Gasteiger partial charge in [-0.15, -0.1) is 11.3 Å². The van der Waals surface area contributed by atoms with Crippen LogP contribution in [0, 0.1) is 0 Å². The zero-order valence-corrected chi connectivity index (χ0v) is 14.2. The van der Waals surface area contributed by atoms with Crippen molar-refractivity contribution in [3.8, 4) is 0 Å². The van der Waals surface area contributed by atoms with Crippen LogP contribution in [0.3, 0.4) is 0 Å². The van der Waals surface area contributed by atoms with Crippen LogP contribution in [0.25, 0.3) is 10.2 Å². The number of likely N-dealkylation sites (tertiary alicyclic amines) is 1. The lowest BCUT2D eigenvalue weighted by atomic mass is 10.2. The Hall–Kier alpha value is -2.28. The second-order valence-electron chi connectivity index (χ2n) is 6.03. The number of thiazole rings is 1. The van der Waals surface area contributed by atoms with Crippen molar-refractivity contribution >= 4 is 27.5 Å². The van der Waals surface area contributed by atoms with Gasteiger partial charge in [-0.2, -0.15) is 5.10 Å². The minimum atomic E-state index is 0.140. The van der Waals surface area contributed by atoms with Crippen molar-refractivity contribution in [3.63, 3.8) is 0 Å². The average molecular weight is 341 g/mol. The first-order valence-corrected chi connectivity index (χ1v) is 9.10. The monoisotopic (exact) mass is 341 g/mol. The van der Waals surface area contributed by atoms with Crippen LogP contribution >= 0.6 is 11.3 Å². The van der Waals surface area contributed by atoms with Crippen molar-refractivity contribution in [1.82, 2.24) is 24.6 Å². The molecule has 0 saturated carbocycles. The molecule has 1 aliphatic rings. The van der Waals surface area contributed by atoms with E-state index in [9.17, 15) is 4.79 Å². The van der Waals surface area contributed by atoms with Gasteiger partial charge in [0.05, 0.1) is 16.3 Å². The van der Waals surface area contributed by atoms with E-state index in [1.165, 1.54) is 11.0 Å². The maximum atomic E-state index is 12.6. The minimum absolute atomic E-state index is 0.140. The minimum Gasteiger partial charge on any atom is -0.333 e. The number of rotatable bonds is 5. The van der Waals surface area contributed by atoms with Crippen molar-refractivity contribution in [1.29, 1.82) is 0 Å². The van der Waals surface area contributed by atoms with E-state index < -0.39 is 0 Å². The summed E-state index contributed by atoms with van der Waals surface area (Å²) in [6.07, 6.45) is 6.59. The zero-order valence-electron chi connectivity index (χ0n) is 13.3. The molecule has 0 spiro atoms. The van der Waals surface area contributed by atoms with Crippen LogP contribution in [0.5, 0.6) is 0 Å². The number of amides is 1. The van der Waals surface area contributed by atoms with E-state index >= 15 is 0 Å². The van der Waals surface area contributed by atoms with Crippen molar-refractivity contribution in [2.45, 2.75) is 38.3 Å². The van der Waals surface area contributed by atoms with Crippen LogP contribution in [0.1, 0.15) is 36.7 Å². The summed E-state index contributed by atoms with van der Waals surface area (Å²) in [4.78, 5) is 23.3. The number of para-hydroxylation sites is 1. The SMILES string of the molecule is O=C(CCCn1cncn1)N1CCC[C@H]1c1nc2ccccc2s1. The maximum absolute atomic E-state index is 12.6. The molecule has 124 valence electrons. The summed E-state index contributed by atoms with van der Waals surface area (Å²) in [6, 6.07) is 8.31. The number of carbonyl (C=O) groups is 1. The predicted octanol–water partition coefficient (Wildman–Crippen LogP) is 3.03. The van der Waals surface area contributed by atoms with Crippen molar-refractivity contribution < 1.29 is 4.79 Å². The summed E-state index contributed by atoms with van der Waals surface area (Å²) in [5, 5.41) is 5.14. The highest BCUT2D eigenvalue weighted by Gasteiger charge is 2.31. The van der Waals surface area contributed by atoms with Crippen LogP contribution in [-0.4, -0.2) is 37.1 Å². The Kier molecular flexibility index (Phi) is 4.25. The first-order valence-electron chi connectivity index (χ1n) is 8.28. The van der Waals surface area contributed by atoms with Gasteiger partial charge in [0.2, 0.25) is 5.91 Å². The Morgan fingerprint density at radius 3 is 3.08 bits per heavy atom. The van der Waals surface area contributed by atoms with Crippen molar-refractivity contribution in [3.05, 3.63) is 41.9 Å². The standard InChI is InChI=1S/C17H19N5OS/c23-16(8-4-9-21-12-18-11-19-21)22-10-3-6-14(22)17-20-13-5-1-2-7-15(13)24-17/h1-2,5,7,11-12,14H,3-4,6,8-10H2/t14-/m0/s1. The summed E-state index contributed by atoms with van der Waals surface area (Å²) >= 11 is 1.71. The third-order valence-corrected chi connectivity index (χ3v) is 5.55. The number of hydrogen-bond acceptors (Lipinski definition) is 5. The number of nitrogens with zero attached hydrogens (tertiary/aromatic N) is 5. The summed E-state index contributed by atoms with van der Waals surface area (Å²) in [5.74, 6) is 0.219. The molecule has 1 fully saturated rings. The van der Waals surface area contributed by atoms with Crippen molar-refractivity contribution in [2.24, 2.45) is 0 Å². The van der Waals surface area contributed by atoms with Crippen LogP contribution in [-0.2, 0) is 11.3 Å². The molecule has 1 atom stereocenters. The van der Waals surface area contributed by atoms with Gasteiger partial charge >= 0.3 is 0 Å². The highest BCUT2D eigenvalue weighted by Crippen LogP contribution is 2.36. The smallest absolute Gasteiger partial charge is 0.223 e. The number of fused-ring (bicyclic) bond motifs is 1. The molecule has 1 aromatic carbocycles. The van der Waals surface area contributed by atoms with E-state index in [1.807, 2.05) is 23.1 Å². The molecule has 0 bridgehead atoms. The van der Waals surface area contributed by atoms with Gasteiger partial charge in [0.15, 0.2) is 0 Å². The molecule has 4 rings (SSSR count). The molecule has 6 nitrogen and oxygen atoms in total. The first kappa shape index (κ1) is 15.3. The number of carbonyl (C=O) groups excluding carboxylic acids is 1. The third-order valence-electron chi connectivity index (χ3n) is 4.41. The fourth-order valence-electron chi connectivity index (χ4n) is 3.24. The largest absolute Gasteiger partial charge is 0.333 e. The summed E-state index contributed by atoms with van der Waals surface area (Å²) in [5.41, 5.74) is 1.03. The molecule has 1 aliphatic heterocycles. The number of benzene rings is 1. The van der Waals surface area contributed by atoms with Crippen LogP contribution in [0.4, 0.5) is 0 Å². The Morgan fingerprint density at radius 2 is 2.25 bits per heavy atom. The molecular formula is C17H19N5OS. The molecule has 7 heteroatoms. The molecule has 0 radical (unpaired) electrons. The van der Waals surface area contributed by atoms with E-state index in [2.05, 4.69) is 16.1 Å². The zero-order chi connectivity index (χ0) is 16.4.